The number of pyridine rings is 1. The van der Waals surface area contributed by atoms with Crippen LogP contribution in [-0.2, 0) is 13.5 Å². The first-order valence-corrected chi connectivity index (χ1v) is 7.31. The van der Waals surface area contributed by atoms with Gasteiger partial charge in [-0.3, -0.25) is 5.32 Å². The van der Waals surface area contributed by atoms with Crippen LogP contribution in [0.25, 0.3) is 5.65 Å². The lowest BCUT2D eigenvalue weighted by molar-refractivity contribution is 0.252. The maximum absolute atomic E-state index is 11.8. The molecule has 0 unspecified atom stereocenters. The topological polar surface area (TPSA) is 102 Å². The number of tetrazole rings is 1. The third-order valence-corrected chi connectivity index (χ3v) is 3.47. The normalized spacial score (nSPS) is 10.8. The van der Waals surface area contributed by atoms with Crippen molar-refractivity contribution in [2.75, 3.05) is 11.9 Å². The van der Waals surface area contributed by atoms with Crippen LogP contribution in [0.1, 0.15) is 5.82 Å². The molecule has 0 aromatic carbocycles. The quantitative estimate of drug-likeness (QED) is 0.718. The van der Waals surface area contributed by atoms with Gasteiger partial charge in [0.15, 0.2) is 11.6 Å². The molecule has 9 nitrogen and oxygen atoms in total. The summed E-state index contributed by atoms with van der Waals surface area (Å²) in [5, 5.41) is 16.5. The lowest BCUT2D eigenvalue weighted by atomic mass is 10.4. The molecule has 3 rings (SSSR count). The SMILES string of the molecule is Cn1nnnc1CCNC(=O)Nc1cn2cc(Br)ccc2n1. The molecule has 0 fully saturated rings. The highest BCUT2D eigenvalue weighted by molar-refractivity contribution is 9.10. The summed E-state index contributed by atoms with van der Waals surface area (Å²) in [6, 6.07) is 3.42. The minimum atomic E-state index is -0.322. The second kappa shape index (κ2) is 6.10. The van der Waals surface area contributed by atoms with Crippen LogP contribution < -0.4 is 10.6 Å². The van der Waals surface area contributed by atoms with Crippen LogP contribution >= 0.6 is 15.9 Å². The van der Waals surface area contributed by atoms with Crippen LogP contribution in [0.4, 0.5) is 10.6 Å². The highest BCUT2D eigenvalue weighted by atomic mass is 79.9. The van der Waals surface area contributed by atoms with Crippen LogP contribution in [0, 0.1) is 0 Å². The number of rotatable bonds is 4. The Morgan fingerprint density at radius 2 is 2.23 bits per heavy atom. The minimum absolute atomic E-state index is 0.322. The number of hydrogen-bond donors (Lipinski definition) is 2. The van der Waals surface area contributed by atoms with E-state index < -0.39 is 0 Å². The second-order valence-corrected chi connectivity index (χ2v) is 5.50. The van der Waals surface area contributed by atoms with Crippen molar-refractivity contribution in [3.8, 4) is 0 Å². The number of hydrogen-bond acceptors (Lipinski definition) is 5. The van der Waals surface area contributed by atoms with Crippen molar-refractivity contribution < 1.29 is 4.79 Å². The first-order chi connectivity index (χ1) is 10.6. The summed E-state index contributed by atoms with van der Waals surface area (Å²) in [6.45, 7) is 0.430. The van der Waals surface area contributed by atoms with Gasteiger partial charge in [-0.05, 0) is 38.5 Å². The number of halogens is 1. The molecule has 0 bridgehead atoms. The number of aryl methyl sites for hydroxylation is 1. The van der Waals surface area contributed by atoms with Crippen molar-refractivity contribution in [2.45, 2.75) is 6.42 Å². The molecule has 22 heavy (non-hydrogen) atoms. The summed E-state index contributed by atoms with van der Waals surface area (Å²) in [5.41, 5.74) is 0.753. The van der Waals surface area contributed by atoms with Crippen LogP contribution in [0.2, 0.25) is 0 Å². The molecule has 0 aliphatic rings. The highest BCUT2D eigenvalue weighted by Crippen LogP contribution is 2.14. The van der Waals surface area contributed by atoms with Crippen LogP contribution in [-0.4, -0.2) is 42.2 Å². The molecule has 0 aliphatic carbocycles. The molecule has 0 saturated heterocycles. The van der Waals surface area contributed by atoms with Gasteiger partial charge in [-0.2, -0.15) is 0 Å². The number of fused-ring (bicyclic) bond motifs is 1. The number of aromatic nitrogens is 6. The standard InChI is InChI=1S/C12H13BrN8O/c1-20-11(17-18-19-20)4-5-14-12(22)16-9-7-21-6-8(13)2-3-10(21)15-9/h2-3,6-7H,4-5H2,1H3,(H2,14,16,22). The maximum atomic E-state index is 11.8. The van der Waals surface area contributed by atoms with Crippen molar-refractivity contribution in [2.24, 2.45) is 7.05 Å². The number of nitrogens with one attached hydrogen (secondary N) is 2. The molecular weight excluding hydrogens is 352 g/mol. The number of amides is 2. The molecule has 3 heterocycles. The van der Waals surface area contributed by atoms with Gasteiger partial charge in [-0.1, -0.05) is 0 Å². The fraction of sp³-hybridized carbons (Fsp3) is 0.250. The summed E-state index contributed by atoms with van der Waals surface area (Å²) < 4.78 is 4.33. The van der Waals surface area contributed by atoms with E-state index in [0.29, 0.717) is 24.6 Å². The van der Waals surface area contributed by atoms with E-state index in [1.165, 1.54) is 0 Å². The molecule has 0 spiro atoms. The van der Waals surface area contributed by atoms with Gasteiger partial charge in [0, 0.05) is 30.7 Å². The number of carbonyl (C=O) groups excluding carboxylic acids is 1. The Bertz CT molecular complexity index is 810. The Morgan fingerprint density at radius 3 is 3.00 bits per heavy atom. The molecule has 3 aromatic heterocycles. The molecule has 0 radical (unpaired) electrons. The minimum Gasteiger partial charge on any atom is -0.337 e. The molecule has 2 amide bonds. The van der Waals surface area contributed by atoms with E-state index in [2.05, 4.69) is 47.1 Å². The summed E-state index contributed by atoms with van der Waals surface area (Å²) >= 11 is 3.38. The molecule has 3 aromatic rings. The van der Waals surface area contributed by atoms with E-state index in [1.54, 1.807) is 17.9 Å². The monoisotopic (exact) mass is 364 g/mol. The number of carbonyl (C=O) groups is 1. The zero-order chi connectivity index (χ0) is 15.5. The van der Waals surface area contributed by atoms with Crippen molar-refractivity contribution in [3.63, 3.8) is 0 Å². The zero-order valence-corrected chi connectivity index (χ0v) is 13.3. The molecule has 114 valence electrons. The average molecular weight is 365 g/mol. The Hall–Kier alpha value is -2.49. The van der Waals surface area contributed by atoms with Gasteiger partial charge in [0.25, 0.3) is 0 Å². The van der Waals surface area contributed by atoms with Crippen molar-refractivity contribution in [1.29, 1.82) is 0 Å². The van der Waals surface area contributed by atoms with Gasteiger partial charge >= 0.3 is 6.03 Å². The van der Waals surface area contributed by atoms with Crippen molar-refractivity contribution >= 4 is 33.4 Å². The summed E-state index contributed by atoms with van der Waals surface area (Å²) in [5.74, 6) is 1.19. The summed E-state index contributed by atoms with van der Waals surface area (Å²) in [7, 11) is 1.75. The highest BCUT2D eigenvalue weighted by Gasteiger charge is 2.07. The molecule has 0 atom stereocenters. The Labute approximate surface area is 133 Å². The van der Waals surface area contributed by atoms with Crippen LogP contribution in [0.3, 0.4) is 0 Å². The smallest absolute Gasteiger partial charge is 0.320 e. The third-order valence-electron chi connectivity index (χ3n) is 3.00. The zero-order valence-electron chi connectivity index (χ0n) is 11.7. The predicted molar refractivity (Wildman–Crippen MR) is 82.4 cm³/mol. The van der Waals surface area contributed by atoms with Gasteiger partial charge < -0.3 is 9.72 Å². The molecule has 0 saturated carbocycles. The number of imidazole rings is 1. The predicted octanol–water partition coefficient (Wildman–Crippen LogP) is 0.984. The molecule has 10 heteroatoms. The first kappa shape index (κ1) is 14.4. The van der Waals surface area contributed by atoms with Gasteiger partial charge in [-0.15, -0.1) is 5.10 Å². The Morgan fingerprint density at radius 1 is 1.36 bits per heavy atom. The first-order valence-electron chi connectivity index (χ1n) is 6.52. The second-order valence-electron chi connectivity index (χ2n) is 4.59. The third kappa shape index (κ3) is 3.22. The number of nitrogens with zero attached hydrogens (tertiary/aromatic N) is 6. The average Bonchev–Trinajstić information content (AvgIpc) is 3.04. The summed E-state index contributed by atoms with van der Waals surface area (Å²) in [6.07, 6.45) is 4.16. The van der Waals surface area contributed by atoms with E-state index >= 15 is 0 Å². The molecule has 2 N–H and O–H groups in total. The van der Waals surface area contributed by atoms with E-state index in [9.17, 15) is 4.79 Å². The number of urea groups is 1. The Kier molecular flexibility index (Phi) is 4.00. The van der Waals surface area contributed by atoms with Gasteiger partial charge in [0.05, 0.1) is 6.20 Å². The fourth-order valence-corrected chi connectivity index (χ4v) is 2.29. The maximum Gasteiger partial charge on any atom is 0.320 e. The van der Waals surface area contributed by atoms with Crippen LogP contribution in [0.15, 0.2) is 29.0 Å². The van der Waals surface area contributed by atoms with E-state index in [4.69, 9.17) is 0 Å². The lowest BCUT2D eigenvalue weighted by Gasteiger charge is -2.04. The van der Waals surface area contributed by atoms with E-state index in [1.807, 2.05) is 22.7 Å². The molecular formula is C12H13BrN8O. The number of anilines is 1. The van der Waals surface area contributed by atoms with E-state index in [-0.39, 0.29) is 6.03 Å². The largest absolute Gasteiger partial charge is 0.337 e. The van der Waals surface area contributed by atoms with Gasteiger partial charge in [-0.25, -0.2) is 14.5 Å². The lowest BCUT2D eigenvalue weighted by Crippen LogP contribution is -2.31. The molecule has 0 aliphatic heterocycles. The summed E-state index contributed by atoms with van der Waals surface area (Å²) in [4.78, 5) is 16.1. The van der Waals surface area contributed by atoms with Gasteiger partial charge in [0.1, 0.15) is 5.65 Å². The van der Waals surface area contributed by atoms with Crippen LogP contribution in [0.5, 0.6) is 0 Å². The van der Waals surface area contributed by atoms with E-state index in [0.717, 1.165) is 10.1 Å². The fourth-order valence-electron chi connectivity index (χ4n) is 1.93. The van der Waals surface area contributed by atoms with Gasteiger partial charge in [0.2, 0.25) is 0 Å². The van der Waals surface area contributed by atoms with Crippen molar-refractivity contribution in [3.05, 3.63) is 34.8 Å². The Balaban J connectivity index is 1.55. The van der Waals surface area contributed by atoms with Crippen molar-refractivity contribution in [1.82, 2.24) is 34.9 Å².